The Hall–Kier alpha value is -1.59. The van der Waals surface area contributed by atoms with Crippen LogP contribution in [0.4, 0.5) is 11.9 Å². The number of nitrogens with zero attached hydrogens (tertiary/aromatic N) is 3. The Bertz CT molecular complexity index is 329. The average Bonchev–Trinajstić information content (AvgIpc) is 2.26. The largest absolute Gasteiger partial charge is 0.464 e. The third-order valence-electron chi connectivity index (χ3n) is 1.78. The van der Waals surface area contributed by atoms with E-state index >= 15 is 0 Å². The molecule has 0 atom stereocenters. The van der Waals surface area contributed by atoms with E-state index < -0.39 is 0 Å². The summed E-state index contributed by atoms with van der Waals surface area (Å²) in [6.45, 7) is 7.49. The van der Waals surface area contributed by atoms with Crippen molar-refractivity contribution in [2.75, 3.05) is 30.8 Å². The smallest absolute Gasteiger partial charge is 0.323 e. The summed E-state index contributed by atoms with van der Waals surface area (Å²) in [5, 5.41) is 6.01. The molecule has 1 aromatic heterocycles. The maximum atomic E-state index is 5.25. The SMILES string of the molecule is CCOc1nc(NC)nc(NCC(C)C)n1. The molecule has 0 fully saturated rings. The second kappa shape index (κ2) is 6.09. The molecule has 0 unspecified atom stereocenters. The third kappa shape index (κ3) is 3.88. The first kappa shape index (κ1) is 12.5. The molecule has 16 heavy (non-hydrogen) atoms. The van der Waals surface area contributed by atoms with Gasteiger partial charge in [-0.3, -0.25) is 0 Å². The minimum Gasteiger partial charge on any atom is -0.464 e. The van der Waals surface area contributed by atoms with E-state index in [4.69, 9.17) is 4.74 Å². The monoisotopic (exact) mass is 225 g/mol. The van der Waals surface area contributed by atoms with Crippen LogP contribution in [0.1, 0.15) is 20.8 Å². The van der Waals surface area contributed by atoms with Gasteiger partial charge in [0.15, 0.2) is 0 Å². The van der Waals surface area contributed by atoms with Crippen LogP contribution in [0.25, 0.3) is 0 Å². The molecular weight excluding hydrogens is 206 g/mol. The van der Waals surface area contributed by atoms with Crippen molar-refractivity contribution in [2.24, 2.45) is 5.92 Å². The number of anilines is 2. The van der Waals surface area contributed by atoms with E-state index in [2.05, 4.69) is 39.4 Å². The topological polar surface area (TPSA) is 72.0 Å². The number of nitrogens with one attached hydrogen (secondary N) is 2. The van der Waals surface area contributed by atoms with Gasteiger partial charge < -0.3 is 15.4 Å². The first-order valence-electron chi connectivity index (χ1n) is 5.46. The van der Waals surface area contributed by atoms with Crippen molar-refractivity contribution < 1.29 is 4.74 Å². The normalized spacial score (nSPS) is 10.3. The van der Waals surface area contributed by atoms with E-state index in [-0.39, 0.29) is 0 Å². The van der Waals surface area contributed by atoms with Crippen LogP contribution < -0.4 is 15.4 Å². The van der Waals surface area contributed by atoms with Crippen LogP contribution in [0.5, 0.6) is 6.01 Å². The fourth-order valence-electron chi connectivity index (χ4n) is 1.04. The molecule has 2 N–H and O–H groups in total. The summed E-state index contributed by atoms with van der Waals surface area (Å²) in [4.78, 5) is 12.4. The average molecular weight is 225 g/mol. The molecular formula is C10H19N5O. The van der Waals surface area contributed by atoms with Gasteiger partial charge in [0.25, 0.3) is 0 Å². The molecule has 0 aliphatic carbocycles. The second-order valence-corrected chi connectivity index (χ2v) is 3.72. The van der Waals surface area contributed by atoms with Gasteiger partial charge in [0.1, 0.15) is 0 Å². The van der Waals surface area contributed by atoms with Crippen molar-refractivity contribution in [3.63, 3.8) is 0 Å². The Morgan fingerprint density at radius 2 is 1.88 bits per heavy atom. The van der Waals surface area contributed by atoms with Gasteiger partial charge in [-0.15, -0.1) is 0 Å². The molecule has 0 spiro atoms. The van der Waals surface area contributed by atoms with Crippen molar-refractivity contribution in [3.05, 3.63) is 0 Å². The van der Waals surface area contributed by atoms with Gasteiger partial charge in [0.2, 0.25) is 11.9 Å². The molecule has 0 aliphatic heterocycles. The summed E-state index contributed by atoms with van der Waals surface area (Å²) < 4.78 is 5.25. The lowest BCUT2D eigenvalue weighted by Gasteiger charge is -2.09. The fraction of sp³-hybridized carbons (Fsp3) is 0.700. The highest BCUT2D eigenvalue weighted by Crippen LogP contribution is 2.10. The molecule has 1 rings (SSSR count). The Morgan fingerprint density at radius 3 is 2.44 bits per heavy atom. The highest BCUT2D eigenvalue weighted by Gasteiger charge is 2.06. The minimum absolute atomic E-state index is 0.341. The van der Waals surface area contributed by atoms with Gasteiger partial charge in [0.05, 0.1) is 6.61 Å². The van der Waals surface area contributed by atoms with Crippen molar-refractivity contribution >= 4 is 11.9 Å². The van der Waals surface area contributed by atoms with E-state index in [1.54, 1.807) is 7.05 Å². The van der Waals surface area contributed by atoms with Crippen LogP contribution in [0, 0.1) is 5.92 Å². The molecule has 0 aromatic carbocycles. The van der Waals surface area contributed by atoms with E-state index in [9.17, 15) is 0 Å². The zero-order valence-corrected chi connectivity index (χ0v) is 10.2. The maximum Gasteiger partial charge on any atom is 0.323 e. The lowest BCUT2D eigenvalue weighted by atomic mass is 10.2. The Balaban J connectivity index is 2.77. The third-order valence-corrected chi connectivity index (χ3v) is 1.78. The molecule has 0 amide bonds. The summed E-state index contributed by atoms with van der Waals surface area (Å²) in [6.07, 6.45) is 0. The first-order valence-corrected chi connectivity index (χ1v) is 5.46. The highest BCUT2D eigenvalue weighted by atomic mass is 16.5. The number of aromatic nitrogens is 3. The second-order valence-electron chi connectivity index (χ2n) is 3.72. The van der Waals surface area contributed by atoms with Crippen LogP contribution in [0.3, 0.4) is 0 Å². The Labute approximate surface area is 95.9 Å². The van der Waals surface area contributed by atoms with Gasteiger partial charge in [-0.1, -0.05) is 13.8 Å². The number of hydrogen-bond donors (Lipinski definition) is 2. The summed E-state index contributed by atoms with van der Waals surface area (Å²) in [6, 6.07) is 0.341. The van der Waals surface area contributed by atoms with Gasteiger partial charge >= 0.3 is 6.01 Å². The zero-order chi connectivity index (χ0) is 12.0. The van der Waals surface area contributed by atoms with Gasteiger partial charge in [0, 0.05) is 13.6 Å². The quantitative estimate of drug-likeness (QED) is 0.762. The highest BCUT2D eigenvalue weighted by molar-refractivity contribution is 5.35. The number of ether oxygens (including phenoxy) is 1. The van der Waals surface area contributed by atoms with E-state index in [1.807, 2.05) is 6.92 Å². The molecule has 6 heteroatoms. The summed E-state index contributed by atoms with van der Waals surface area (Å²) in [5.41, 5.74) is 0. The fourth-order valence-corrected chi connectivity index (χ4v) is 1.04. The van der Waals surface area contributed by atoms with Crippen LogP contribution in [-0.2, 0) is 0 Å². The molecule has 6 nitrogen and oxygen atoms in total. The van der Waals surface area contributed by atoms with Crippen molar-refractivity contribution in [3.8, 4) is 6.01 Å². The molecule has 1 heterocycles. The lowest BCUT2D eigenvalue weighted by molar-refractivity contribution is 0.312. The number of rotatable bonds is 6. The van der Waals surface area contributed by atoms with Crippen molar-refractivity contribution in [1.29, 1.82) is 0 Å². The van der Waals surface area contributed by atoms with E-state index in [0.29, 0.717) is 30.4 Å². The molecule has 0 saturated heterocycles. The minimum atomic E-state index is 0.341. The van der Waals surface area contributed by atoms with Gasteiger partial charge in [-0.2, -0.15) is 15.0 Å². The summed E-state index contributed by atoms with van der Waals surface area (Å²) in [7, 11) is 1.76. The van der Waals surface area contributed by atoms with Gasteiger partial charge in [-0.25, -0.2) is 0 Å². The molecule has 1 aromatic rings. The van der Waals surface area contributed by atoms with Crippen molar-refractivity contribution in [2.45, 2.75) is 20.8 Å². The summed E-state index contributed by atoms with van der Waals surface area (Å²) in [5.74, 6) is 1.58. The van der Waals surface area contributed by atoms with E-state index in [1.165, 1.54) is 0 Å². The predicted molar refractivity (Wildman–Crippen MR) is 63.9 cm³/mol. The maximum absolute atomic E-state index is 5.25. The standard InChI is InChI=1S/C10H19N5O/c1-5-16-10-14-8(11-4)13-9(15-10)12-6-7(2)3/h7H,5-6H2,1-4H3,(H2,11,12,13,14,15). The molecule has 0 saturated carbocycles. The van der Waals surface area contributed by atoms with Gasteiger partial charge in [-0.05, 0) is 12.8 Å². The zero-order valence-electron chi connectivity index (χ0n) is 10.2. The molecule has 0 radical (unpaired) electrons. The van der Waals surface area contributed by atoms with Crippen molar-refractivity contribution in [1.82, 2.24) is 15.0 Å². The predicted octanol–water partition coefficient (Wildman–Crippen LogP) is 1.38. The molecule has 0 aliphatic rings. The summed E-state index contributed by atoms with van der Waals surface area (Å²) >= 11 is 0. The van der Waals surface area contributed by atoms with Crippen LogP contribution in [-0.4, -0.2) is 35.2 Å². The number of hydrogen-bond acceptors (Lipinski definition) is 6. The first-order chi connectivity index (χ1) is 7.65. The van der Waals surface area contributed by atoms with Crippen LogP contribution in [0.2, 0.25) is 0 Å². The van der Waals surface area contributed by atoms with Crippen LogP contribution in [0.15, 0.2) is 0 Å². The Morgan fingerprint density at radius 1 is 1.19 bits per heavy atom. The lowest BCUT2D eigenvalue weighted by Crippen LogP contribution is -2.13. The molecule has 0 bridgehead atoms. The Kier molecular flexibility index (Phi) is 4.75. The van der Waals surface area contributed by atoms with Crippen LogP contribution >= 0.6 is 0 Å². The van der Waals surface area contributed by atoms with E-state index in [0.717, 1.165) is 6.54 Å². The molecule has 90 valence electrons.